The molecule has 0 amide bonds. The Morgan fingerprint density at radius 1 is 1.22 bits per heavy atom. The van der Waals surface area contributed by atoms with Gasteiger partial charge in [0.05, 0.1) is 13.2 Å². The summed E-state index contributed by atoms with van der Waals surface area (Å²) in [5, 5.41) is 3.54. The number of likely N-dealkylation sites (N-methyl/N-ethyl adjacent to an activating group) is 1. The number of benzene rings is 1. The molecule has 1 aromatic rings. The standard InChI is InChI=1S/C21H36N4O2/c1-22-21(25(4)13-10-17-11-14-27-15-12-17)23-16-20(24(2)3)18-6-8-19(26-5)9-7-18/h6-9,17,20H,10-16H2,1-5H3,(H,22,23). The van der Waals surface area contributed by atoms with Crippen LogP contribution in [0.3, 0.4) is 0 Å². The third kappa shape index (κ3) is 6.70. The average Bonchev–Trinajstić information content (AvgIpc) is 2.70. The zero-order valence-electron chi connectivity index (χ0n) is 17.6. The van der Waals surface area contributed by atoms with Gasteiger partial charge in [-0.2, -0.15) is 0 Å². The van der Waals surface area contributed by atoms with E-state index in [9.17, 15) is 0 Å². The van der Waals surface area contributed by atoms with Gasteiger partial charge in [0.25, 0.3) is 0 Å². The van der Waals surface area contributed by atoms with Crippen LogP contribution in [0.5, 0.6) is 5.75 Å². The Balaban J connectivity index is 1.88. The van der Waals surface area contributed by atoms with Crippen molar-refractivity contribution in [3.05, 3.63) is 29.8 Å². The van der Waals surface area contributed by atoms with Gasteiger partial charge < -0.3 is 24.6 Å². The predicted octanol–water partition coefficient (Wildman–Crippen LogP) is 2.62. The van der Waals surface area contributed by atoms with Gasteiger partial charge in [-0.1, -0.05) is 12.1 Å². The lowest BCUT2D eigenvalue weighted by Gasteiger charge is -2.29. The number of nitrogens with one attached hydrogen (secondary N) is 1. The second-order valence-corrected chi connectivity index (χ2v) is 7.45. The van der Waals surface area contributed by atoms with Crippen molar-refractivity contribution in [3.8, 4) is 5.75 Å². The summed E-state index contributed by atoms with van der Waals surface area (Å²) >= 11 is 0. The van der Waals surface area contributed by atoms with Crippen LogP contribution in [0, 0.1) is 5.92 Å². The van der Waals surface area contributed by atoms with Crippen LogP contribution < -0.4 is 10.1 Å². The molecule has 1 aliphatic heterocycles. The first-order valence-corrected chi connectivity index (χ1v) is 9.85. The van der Waals surface area contributed by atoms with Gasteiger partial charge in [0.2, 0.25) is 0 Å². The molecular formula is C21H36N4O2. The second kappa shape index (κ2) is 11.1. The van der Waals surface area contributed by atoms with E-state index in [1.54, 1.807) is 7.11 Å². The molecule has 1 aromatic carbocycles. The van der Waals surface area contributed by atoms with Crippen molar-refractivity contribution in [2.75, 3.05) is 61.6 Å². The fourth-order valence-electron chi connectivity index (χ4n) is 3.51. The van der Waals surface area contributed by atoms with Crippen molar-refractivity contribution in [1.29, 1.82) is 0 Å². The first kappa shape index (κ1) is 21.5. The molecule has 1 N–H and O–H groups in total. The second-order valence-electron chi connectivity index (χ2n) is 7.45. The zero-order valence-corrected chi connectivity index (χ0v) is 17.6. The number of aliphatic imine (C=N–C) groups is 1. The maximum Gasteiger partial charge on any atom is 0.193 e. The topological polar surface area (TPSA) is 49.3 Å². The molecule has 2 rings (SSSR count). The van der Waals surface area contributed by atoms with Gasteiger partial charge in [0.15, 0.2) is 5.96 Å². The quantitative estimate of drug-likeness (QED) is 0.558. The number of rotatable bonds is 8. The van der Waals surface area contributed by atoms with Crippen LogP contribution in [0.25, 0.3) is 0 Å². The van der Waals surface area contributed by atoms with E-state index in [-0.39, 0.29) is 6.04 Å². The molecule has 1 saturated heterocycles. The Morgan fingerprint density at radius 2 is 1.89 bits per heavy atom. The zero-order chi connectivity index (χ0) is 19.6. The highest BCUT2D eigenvalue weighted by atomic mass is 16.5. The van der Waals surface area contributed by atoms with E-state index in [4.69, 9.17) is 9.47 Å². The molecule has 0 aromatic heterocycles. The minimum atomic E-state index is 0.261. The van der Waals surface area contributed by atoms with Crippen molar-refractivity contribution in [2.24, 2.45) is 10.9 Å². The number of hydrogen-bond donors (Lipinski definition) is 1. The SMILES string of the molecule is CN=C(NCC(c1ccc(OC)cc1)N(C)C)N(C)CCC1CCOCC1. The van der Waals surface area contributed by atoms with Crippen molar-refractivity contribution in [3.63, 3.8) is 0 Å². The summed E-state index contributed by atoms with van der Waals surface area (Å²) in [5.74, 6) is 2.60. The number of hydrogen-bond acceptors (Lipinski definition) is 4. The molecule has 1 unspecified atom stereocenters. The molecular weight excluding hydrogens is 340 g/mol. The van der Waals surface area contributed by atoms with Gasteiger partial charge in [-0.15, -0.1) is 0 Å². The normalized spacial score (nSPS) is 17.0. The maximum absolute atomic E-state index is 5.46. The van der Waals surface area contributed by atoms with E-state index in [0.29, 0.717) is 0 Å². The molecule has 152 valence electrons. The number of nitrogens with zero attached hydrogens (tertiary/aromatic N) is 3. The van der Waals surface area contributed by atoms with Crippen LogP contribution in [0.15, 0.2) is 29.3 Å². The molecule has 0 spiro atoms. The van der Waals surface area contributed by atoms with E-state index in [1.165, 1.54) is 24.8 Å². The number of ether oxygens (including phenoxy) is 2. The maximum atomic E-state index is 5.46. The third-order valence-electron chi connectivity index (χ3n) is 5.36. The van der Waals surface area contributed by atoms with Gasteiger partial charge in [0.1, 0.15) is 5.75 Å². The molecule has 0 aliphatic carbocycles. The Kier molecular flexibility index (Phi) is 8.88. The molecule has 0 saturated carbocycles. The lowest BCUT2D eigenvalue weighted by atomic mass is 9.96. The first-order valence-electron chi connectivity index (χ1n) is 9.85. The van der Waals surface area contributed by atoms with E-state index in [0.717, 1.165) is 43.9 Å². The molecule has 1 heterocycles. The summed E-state index contributed by atoms with van der Waals surface area (Å²) in [7, 11) is 9.88. The van der Waals surface area contributed by atoms with Gasteiger partial charge in [-0.25, -0.2) is 0 Å². The average molecular weight is 377 g/mol. The van der Waals surface area contributed by atoms with Crippen LogP contribution in [0.2, 0.25) is 0 Å². The Hall–Kier alpha value is -1.79. The van der Waals surface area contributed by atoms with Crippen LogP contribution in [-0.2, 0) is 4.74 Å². The Bertz CT molecular complexity index is 568. The minimum Gasteiger partial charge on any atom is -0.497 e. The van der Waals surface area contributed by atoms with Crippen molar-refractivity contribution in [1.82, 2.24) is 15.1 Å². The predicted molar refractivity (Wildman–Crippen MR) is 112 cm³/mol. The summed E-state index contributed by atoms with van der Waals surface area (Å²) < 4.78 is 10.7. The van der Waals surface area contributed by atoms with Gasteiger partial charge >= 0.3 is 0 Å². The highest BCUT2D eigenvalue weighted by molar-refractivity contribution is 5.79. The van der Waals surface area contributed by atoms with Crippen LogP contribution in [-0.4, -0.2) is 77.4 Å². The lowest BCUT2D eigenvalue weighted by Crippen LogP contribution is -2.43. The fraction of sp³-hybridized carbons (Fsp3) is 0.667. The Morgan fingerprint density at radius 3 is 2.44 bits per heavy atom. The van der Waals surface area contributed by atoms with Crippen LogP contribution in [0.4, 0.5) is 0 Å². The fourth-order valence-corrected chi connectivity index (χ4v) is 3.51. The van der Waals surface area contributed by atoms with Crippen molar-refractivity contribution < 1.29 is 9.47 Å². The highest BCUT2D eigenvalue weighted by Crippen LogP contribution is 2.21. The lowest BCUT2D eigenvalue weighted by molar-refractivity contribution is 0.0625. The summed E-state index contributed by atoms with van der Waals surface area (Å²) in [6.07, 6.45) is 3.55. The van der Waals surface area contributed by atoms with Gasteiger partial charge in [-0.3, -0.25) is 4.99 Å². The third-order valence-corrected chi connectivity index (χ3v) is 5.36. The summed E-state index contributed by atoms with van der Waals surface area (Å²) in [5.41, 5.74) is 1.26. The van der Waals surface area contributed by atoms with E-state index >= 15 is 0 Å². The molecule has 0 bridgehead atoms. The van der Waals surface area contributed by atoms with Gasteiger partial charge in [-0.05, 0) is 57.0 Å². The first-order chi connectivity index (χ1) is 13.0. The van der Waals surface area contributed by atoms with E-state index in [2.05, 4.69) is 53.4 Å². The number of guanidine groups is 1. The number of methoxy groups -OCH3 is 1. The van der Waals surface area contributed by atoms with E-state index in [1.807, 2.05) is 19.2 Å². The molecule has 1 aliphatic rings. The molecule has 0 radical (unpaired) electrons. The van der Waals surface area contributed by atoms with Crippen molar-refractivity contribution >= 4 is 5.96 Å². The molecule has 1 atom stereocenters. The van der Waals surface area contributed by atoms with Crippen molar-refractivity contribution in [2.45, 2.75) is 25.3 Å². The monoisotopic (exact) mass is 376 g/mol. The molecule has 6 nitrogen and oxygen atoms in total. The smallest absolute Gasteiger partial charge is 0.193 e. The minimum absolute atomic E-state index is 0.261. The Labute approximate surface area is 164 Å². The summed E-state index contributed by atoms with van der Waals surface area (Å²) in [4.78, 5) is 8.93. The highest BCUT2D eigenvalue weighted by Gasteiger charge is 2.18. The largest absolute Gasteiger partial charge is 0.497 e. The van der Waals surface area contributed by atoms with Crippen LogP contribution >= 0.6 is 0 Å². The molecule has 27 heavy (non-hydrogen) atoms. The molecule has 6 heteroatoms. The van der Waals surface area contributed by atoms with Crippen LogP contribution in [0.1, 0.15) is 30.9 Å². The molecule has 1 fully saturated rings. The summed E-state index contributed by atoms with van der Waals surface area (Å²) in [6.45, 7) is 3.63. The van der Waals surface area contributed by atoms with Gasteiger partial charge in [0, 0.05) is 40.4 Å². The van der Waals surface area contributed by atoms with E-state index < -0.39 is 0 Å². The summed E-state index contributed by atoms with van der Waals surface area (Å²) in [6, 6.07) is 8.55.